The van der Waals surface area contributed by atoms with Crippen LogP contribution in [0.5, 0.6) is 0 Å². The lowest BCUT2D eigenvalue weighted by molar-refractivity contribution is -0.139. The van der Waals surface area contributed by atoms with Gasteiger partial charge in [-0.25, -0.2) is 4.98 Å². The number of fused-ring (bicyclic) bond motifs is 1. The molecule has 6 heteroatoms. The molecular weight excluding hydrogens is 280 g/mol. The van der Waals surface area contributed by atoms with Crippen molar-refractivity contribution in [3.8, 4) is 0 Å². The first-order chi connectivity index (χ1) is 9.16. The summed E-state index contributed by atoms with van der Waals surface area (Å²) < 4.78 is 0. The molecule has 2 aliphatic rings. The fraction of sp³-hybridized carbons (Fsp3) is 0.692. The third-order valence-electron chi connectivity index (χ3n) is 3.95. The Morgan fingerprint density at radius 1 is 1.53 bits per heavy atom. The van der Waals surface area contributed by atoms with Gasteiger partial charge in [0.2, 0.25) is 0 Å². The maximum absolute atomic E-state index is 11.3. The summed E-state index contributed by atoms with van der Waals surface area (Å²) in [5, 5.41) is 10.4. The molecule has 3 rings (SSSR count). The Kier molecular flexibility index (Phi) is 3.82. The number of hydrogen-bond acceptors (Lipinski definition) is 5. The highest BCUT2D eigenvalue weighted by Gasteiger charge is 2.32. The van der Waals surface area contributed by atoms with Crippen molar-refractivity contribution in [3.05, 3.63) is 15.6 Å². The van der Waals surface area contributed by atoms with Crippen molar-refractivity contribution in [2.75, 3.05) is 25.1 Å². The highest BCUT2D eigenvalue weighted by Crippen LogP contribution is 2.39. The smallest absolute Gasteiger partial charge is 0.312 e. The topological polar surface area (TPSA) is 53.4 Å². The standard InChI is InChI=1S/C13H18N2O2S2/c1-15-5-6-18-7-9(15)12-14-11-8(13(16)17)3-2-4-10(11)19-12/h8-9H,2-7H2,1H3,(H,16,17). The number of carbonyl (C=O) groups is 1. The van der Waals surface area contributed by atoms with Crippen molar-refractivity contribution in [3.63, 3.8) is 0 Å². The minimum atomic E-state index is -0.718. The highest BCUT2D eigenvalue weighted by atomic mass is 32.2. The second kappa shape index (κ2) is 5.42. The van der Waals surface area contributed by atoms with Gasteiger partial charge in [-0.3, -0.25) is 9.69 Å². The van der Waals surface area contributed by atoms with Crippen LogP contribution in [0.15, 0.2) is 0 Å². The number of carboxylic acid groups (broad SMARTS) is 1. The summed E-state index contributed by atoms with van der Waals surface area (Å²) in [5.41, 5.74) is 0.850. The lowest BCUT2D eigenvalue weighted by Crippen LogP contribution is -2.32. The van der Waals surface area contributed by atoms with Crippen LogP contribution in [-0.4, -0.2) is 46.1 Å². The number of carboxylic acids is 1. The number of nitrogens with zero attached hydrogens (tertiary/aromatic N) is 2. The molecule has 0 saturated carbocycles. The Bertz CT molecular complexity index is 489. The zero-order valence-electron chi connectivity index (χ0n) is 11.0. The minimum Gasteiger partial charge on any atom is -0.481 e. The molecule has 19 heavy (non-hydrogen) atoms. The van der Waals surface area contributed by atoms with E-state index in [1.165, 1.54) is 10.6 Å². The van der Waals surface area contributed by atoms with Crippen molar-refractivity contribution in [1.29, 1.82) is 0 Å². The predicted molar refractivity (Wildman–Crippen MR) is 78.1 cm³/mol. The second-order valence-corrected chi connectivity index (χ2v) is 7.48. The summed E-state index contributed by atoms with van der Waals surface area (Å²) in [6.07, 6.45) is 2.71. The third-order valence-corrected chi connectivity index (χ3v) is 6.20. The average Bonchev–Trinajstić information content (AvgIpc) is 2.82. The molecule has 0 spiro atoms. The first kappa shape index (κ1) is 13.4. The molecule has 1 N–H and O–H groups in total. The van der Waals surface area contributed by atoms with E-state index >= 15 is 0 Å². The molecule has 2 heterocycles. The maximum atomic E-state index is 11.3. The quantitative estimate of drug-likeness (QED) is 0.908. The van der Waals surface area contributed by atoms with Crippen LogP contribution >= 0.6 is 23.1 Å². The molecule has 2 unspecified atom stereocenters. The van der Waals surface area contributed by atoms with Crippen molar-refractivity contribution in [1.82, 2.24) is 9.88 Å². The van der Waals surface area contributed by atoms with Gasteiger partial charge in [-0.2, -0.15) is 11.8 Å². The SMILES string of the molecule is CN1CCSCC1c1nc2c(s1)CCCC2C(=O)O. The van der Waals surface area contributed by atoms with Crippen LogP contribution in [0, 0.1) is 0 Å². The minimum absolute atomic E-state index is 0.365. The van der Waals surface area contributed by atoms with E-state index in [9.17, 15) is 9.90 Å². The number of hydrogen-bond donors (Lipinski definition) is 1. The molecule has 1 aliphatic heterocycles. The molecule has 1 aromatic heterocycles. The number of thioether (sulfide) groups is 1. The Morgan fingerprint density at radius 2 is 2.37 bits per heavy atom. The van der Waals surface area contributed by atoms with Gasteiger partial charge in [-0.15, -0.1) is 11.3 Å². The molecule has 0 amide bonds. The van der Waals surface area contributed by atoms with Gasteiger partial charge >= 0.3 is 5.97 Å². The molecule has 104 valence electrons. The molecule has 1 aliphatic carbocycles. The summed E-state index contributed by atoms with van der Waals surface area (Å²) in [7, 11) is 2.14. The largest absolute Gasteiger partial charge is 0.481 e. The molecule has 1 fully saturated rings. The van der Waals surface area contributed by atoms with E-state index in [1.807, 2.05) is 11.8 Å². The number of thiazole rings is 1. The Labute approximate surface area is 121 Å². The van der Waals surface area contributed by atoms with Crippen molar-refractivity contribution in [2.45, 2.75) is 31.2 Å². The zero-order chi connectivity index (χ0) is 13.4. The fourth-order valence-electron chi connectivity index (χ4n) is 2.77. The van der Waals surface area contributed by atoms with Gasteiger partial charge in [0.05, 0.1) is 17.7 Å². The molecule has 4 nitrogen and oxygen atoms in total. The van der Waals surface area contributed by atoms with Crippen LogP contribution in [-0.2, 0) is 11.2 Å². The zero-order valence-corrected chi connectivity index (χ0v) is 12.6. The van der Waals surface area contributed by atoms with Crippen molar-refractivity contribution >= 4 is 29.1 Å². The molecule has 0 radical (unpaired) electrons. The third kappa shape index (κ3) is 2.53. The van der Waals surface area contributed by atoms with Gasteiger partial charge in [-0.05, 0) is 26.3 Å². The van der Waals surface area contributed by atoms with Crippen LogP contribution in [0.3, 0.4) is 0 Å². The van der Waals surface area contributed by atoms with E-state index in [-0.39, 0.29) is 5.92 Å². The maximum Gasteiger partial charge on any atom is 0.312 e. The number of aryl methyl sites for hydroxylation is 1. The van der Waals surface area contributed by atoms with E-state index in [4.69, 9.17) is 4.98 Å². The second-order valence-electron chi connectivity index (χ2n) is 5.21. The highest BCUT2D eigenvalue weighted by molar-refractivity contribution is 7.99. The number of rotatable bonds is 2. The lowest BCUT2D eigenvalue weighted by atomic mass is 9.91. The van der Waals surface area contributed by atoms with E-state index in [2.05, 4.69) is 11.9 Å². The van der Waals surface area contributed by atoms with Gasteiger partial charge in [0.1, 0.15) is 5.01 Å². The summed E-state index contributed by atoms with van der Waals surface area (Å²) in [4.78, 5) is 19.6. The summed E-state index contributed by atoms with van der Waals surface area (Å²) >= 11 is 3.70. The number of aromatic nitrogens is 1. The van der Waals surface area contributed by atoms with Crippen molar-refractivity contribution in [2.24, 2.45) is 0 Å². The lowest BCUT2D eigenvalue weighted by Gasteiger charge is -2.30. The Balaban J connectivity index is 1.90. The fourth-order valence-corrected chi connectivity index (χ4v) is 5.43. The molecule has 0 aromatic carbocycles. The van der Waals surface area contributed by atoms with Crippen LogP contribution in [0.4, 0.5) is 0 Å². The van der Waals surface area contributed by atoms with E-state index in [0.29, 0.717) is 6.04 Å². The van der Waals surface area contributed by atoms with Crippen molar-refractivity contribution < 1.29 is 9.90 Å². The van der Waals surface area contributed by atoms with Gasteiger partial charge in [-0.1, -0.05) is 0 Å². The first-order valence-corrected chi connectivity index (χ1v) is 8.64. The first-order valence-electron chi connectivity index (χ1n) is 6.67. The normalized spacial score (nSPS) is 28.1. The van der Waals surface area contributed by atoms with Crippen LogP contribution in [0.1, 0.15) is 40.4 Å². The summed E-state index contributed by atoms with van der Waals surface area (Å²) in [6, 6.07) is 0.365. The van der Waals surface area contributed by atoms with Gasteiger partial charge in [0.25, 0.3) is 0 Å². The number of aliphatic carboxylic acids is 1. The molecule has 1 saturated heterocycles. The van der Waals surface area contributed by atoms with Gasteiger partial charge in [0, 0.05) is 22.9 Å². The van der Waals surface area contributed by atoms with Crippen LogP contribution in [0.2, 0.25) is 0 Å². The van der Waals surface area contributed by atoms with Gasteiger partial charge in [0.15, 0.2) is 0 Å². The van der Waals surface area contributed by atoms with E-state index in [0.717, 1.165) is 42.3 Å². The van der Waals surface area contributed by atoms with Gasteiger partial charge < -0.3 is 5.11 Å². The summed E-state index contributed by atoms with van der Waals surface area (Å²) in [5.74, 6) is 1.15. The predicted octanol–water partition coefficient (Wildman–Crippen LogP) is 2.37. The molecule has 2 atom stereocenters. The van der Waals surface area contributed by atoms with Crippen LogP contribution < -0.4 is 0 Å². The monoisotopic (exact) mass is 298 g/mol. The summed E-state index contributed by atoms with van der Waals surface area (Å²) in [6.45, 7) is 1.09. The van der Waals surface area contributed by atoms with Crippen LogP contribution in [0.25, 0.3) is 0 Å². The molecular formula is C13H18N2O2S2. The Hall–Kier alpha value is -0.590. The molecule has 1 aromatic rings. The Morgan fingerprint density at radius 3 is 3.11 bits per heavy atom. The van der Waals surface area contributed by atoms with E-state index < -0.39 is 5.97 Å². The molecule has 0 bridgehead atoms. The van der Waals surface area contributed by atoms with E-state index in [1.54, 1.807) is 11.3 Å². The average molecular weight is 298 g/mol.